The Labute approximate surface area is 182 Å². The van der Waals surface area contributed by atoms with Gasteiger partial charge >= 0.3 is 5.91 Å². The predicted octanol–water partition coefficient (Wildman–Crippen LogP) is 3.63. The van der Waals surface area contributed by atoms with E-state index in [-0.39, 0.29) is 17.9 Å². The van der Waals surface area contributed by atoms with Crippen molar-refractivity contribution in [1.82, 2.24) is 10.7 Å². The fourth-order valence-electron chi connectivity index (χ4n) is 3.69. The Bertz CT molecular complexity index is 1130. The van der Waals surface area contributed by atoms with Crippen LogP contribution in [0.4, 0.5) is 0 Å². The number of nitrogens with one attached hydrogen (secondary N) is 2. The molecular formula is C26H26N3O2+. The summed E-state index contributed by atoms with van der Waals surface area (Å²) in [6, 6.07) is 22.3. The second-order valence-corrected chi connectivity index (χ2v) is 8.10. The van der Waals surface area contributed by atoms with E-state index in [2.05, 4.69) is 10.7 Å². The lowest BCUT2D eigenvalue weighted by Gasteiger charge is -2.15. The van der Waals surface area contributed by atoms with Crippen molar-refractivity contribution in [2.75, 3.05) is 0 Å². The van der Waals surface area contributed by atoms with Crippen LogP contribution in [0.2, 0.25) is 0 Å². The Balaban J connectivity index is 1.69. The molecule has 4 rings (SSSR count). The number of hydrogen-bond donors (Lipinski definition) is 2. The Kier molecular flexibility index (Phi) is 5.67. The summed E-state index contributed by atoms with van der Waals surface area (Å²) in [6.07, 6.45) is 1.90. The van der Waals surface area contributed by atoms with Crippen molar-refractivity contribution in [3.05, 3.63) is 106 Å². The van der Waals surface area contributed by atoms with E-state index in [1.807, 2.05) is 87.6 Å². The highest BCUT2D eigenvalue weighted by molar-refractivity contribution is 5.98. The van der Waals surface area contributed by atoms with Gasteiger partial charge < -0.3 is 5.32 Å². The van der Waals surface area contributed by atoms with Crippen molar-refractivity contribution in [3.63, 3.8) is 0 Å². The first kappa shape index (κ1) is 20.5. The molecule has 156 valence electrons. The van der Waals surface area contributed by atoms with Crippen LogP contribution in [0.25, 0.3) is 0 Å². The van der Waals surface area contributed by atoms with E-state index in [1.165, 1.54) is 5.56 Å². The number of benzene rings is 3. The van der Waals surface area contributed by atoms with Gasteiger partial charge in [0.25, 0.3) is 5.91 Å². The van der Waals surface area contributed by atoms with Gasteiger partial charge in [-0.1, -0.05) is 65.2 Å². The molecule has 0 aromatic heterocycles. The minimum absolute atomic E-state index is 0.241. The van der Waals surface area contributed by atoms with Gasteiger partial charge in [-0.15, -0.1) is 10.1 Å². The standard InChI is InChI=1S/C26H25N3O2/c1-17-4-10-20(11-5-17)16-29-24(21-12-6-18(2)7-13-21)23(26(31)28-29)27-25(30)22-14-8-19(3)9-15-22/h4-16,23-24H,1-3H3,(H-,27,28,30,31)/p+1/b29-16-/t23-,24+/m1/s1. The summed E-state index contributed by atoms with van der Waals surface area (Å²) in [5.41, 5.74) is 8.74. The molecular weight excluding hydrogens is 386 g/mol. The highest BCUT2D eigenvalue weighted by Gasteiger charge is 2.47. The van der Waals surface area contributed by atoms with Crippen LogP contribution in [0.1, 0.15) is 44.2 Å². The molecule has 2 amide bonds. The first-order valence-corrected chi connectivity index (χ1v) is 10.4. The van der Waals surface area contributed by atoms with Gasteiger partial charge in [0.05, 0.1) is 0 Å². The van der Waals surface area contributed by atoms with Crippen molar-refractivity contribution in [2.24, 2.45) is 0 Å². The molecule has 5 nitrogen and oxygen atoms in total. The molecule has 0 spiro atoms. The largest absolute Gasteiger partial charge is 0.334 e. The number of hydrogen-bond acceptors (Lipinski definition) is 2. The second-order valence-electron chi connectivity index (χ2n) is 8.10. The maximum atomic E-state index is 12.9. The van der Waals surface area contributed by atoms with E-state index in [0.717, 1.165) is 22.3 Å². The van der Waals surface area contributed by atoms with E-state index in [4.69, 9.17) is 0 Å². The minimum Gasteiger partial charge on any atom is -0.334 e. The second kappa shape index (κ2) is 8.56. The summed E-state index contributed by atoms with van der Waals surface area (Å²) >= 11 is 0. The van der Waals surface area contributed by atoms with Gasteiger partial charge in [0, 0.05) is 16.7 Å². The third kappa shape index (κ3) is 4.56. The Hall–Kier alpha value is -3.73. The van der Waals surface area contributed by atoms with Crippen LogP contribution < -0.4 is 10.7 Å². The predicted molar refractivity (Wildman–Crippen MR) is 121 cm³/mol. The maximum Gasteiger partial charge on any atom is 0.304 e. The lowest BCUT2D eigenvalue weighted by Crippen LogP contribution is -2.42. The number of carbonyl (C=O) groups is 2. The molecule has 2 atom stereocenters. The minimum atomic E-state index is -0.724. The number of rotatable bonds is 4. The fourth-order valence-corrected chi connectivity index (χ4v) is 3.69. The zero-order valence-corrected chi connectivity index (χ0v) is 17.9. The van der Waals surface area contributed by atoms with Crippen LogP contribution in [0.15, 0.2) is 72.8 Å². The summed E-state index contributed by atoms with van der Waals surface area (Å²) in [4.78, 5) is 25.8. The van der Waals surface area contributed by atoms with Crippen molar-refractivity contribution >= 4 is 18.0 Å². The van der Waals surface area contributed by atoms with Gasteiger partial charge in [0.15, 0.2) is 6.04 Å². The highest BCUT2D eigenvalue weighted by Crippen LogP contribution is 2.26. The summed E-state index contributed by atoms with van der Waals surface area (Å²) in [7, 11) is 0. The van der Waals surface area contributed by atoms with E-state index in [9.17, 15) is 9.59 Å². The Morgan fingerprint density at radius 1 is 0.839 bits per heavy atom. The third-order valence-electron chi connectivity index (χ3n) is 5.52. The van der Waals surface area contributed by atoms with E-state index in [1.54, 1.807) is 16.8 Å². The Morgan fingerprint density at radius 2 is 1.35 bits per heavy atom. The number of amides is 2. The van der Waals surface area contributed by atoms with Crippen LogP contribution in [0.3, 0.4) is 0 Å². The number of hydrazone groups is 1. The monoisotopic (exact) mass is 412 g/mol. The summed E-state index contributed by atoms with van der Waals surface area (Å²) in [5, 5.41) is 2.94. The average molecular weight is 413 g/mol. The van der Waals surface area contributed by atoms with Crippen molar-refractivity contribution < 1.29 is 14.3 Å². The molecule has 1 saturated heterocycles. The maximum absolute atomic E-state index is 12.9. The molecule has 0 saturated carbocycles. The van der Waals surface area contributed by atoms with Crippen LogP contribution in [-0.2, 0) is 4.79 Å². The normalized spacial score (nSPS) is 19.3. The lowest BCUT2D eigenvalue weighted by molar-refractivity contribution is -0.596. The van der Waals surface area contributed by atoms with Crippen molar-refractivity contribution in [2.45, 2.75) is 32.9 Å². The third-order valence-corrected chi connectivity index (χ3v) is 5.52. The molecule has 1 heterocycles. The quantitative estimate of drug-likeness (QED) is 0.643. The molecule has 1 aliphatic rings. The SMILES string of the molecule is Cc1ccc(/C=[N+]2\NC(=O)[C@H](NC(=O)c3ccc(C)cc3)[C@@H]2c2ccc(C)cc2)cc1. The first-order valence-electron chi connectivity index (χ1n) is 10.4. The summed E-state index contributed by atoms with van der Waals surface area (Å²) in [5.74, 6) is -0.510. The molecule has 31 heavy (non-hydrogen) atoms. The number of nitrogens with zero attached hydrogens (tertiary/aromatic N) is 1. The molecule has 2 N–H and O–H groups in total. The molecule has 0 unspecified atom stereocenters. The van der Waals surface area contributed by atoms with Gasteiger partial charge in [-0.25, -0.2) is 0 Å². The van der Waals surface area contributed by atoms with Crippen molar-refractivity contribution in [1.29, 1.82) is 0 Å². The number of aryl methyl sites for hydroxylation is 3. The average Bonchev–Trinajstić information content (AvgIpc) is 3.05. The Morgan fingerprint density at radius 3 is 1.94 bits per heavy atom. The van der Waals surface area contributed by atoms with E-state index >= 15 is 0 Å². The molecule has 0 aliphatic carbocycles. The van der Waals surface area contributed by atoms with Crippen molar-refractivity contribution in [3.8, 4) is 0 Å². The van der Waals surface area contributed by atoms with Gasteiger partial charge in [-0.3, -0.25) is 9.59 Å². The first-order chi connectivity index (χ1) is 14.9. The smallest absolute Gasteiger partial charge is 0.304 e. The fraction of sp³-hybridized carbons (Fsp3) is 0.192. The van der Waals surface area contributed by atoms with Crippen LogP contribution in [0, 0.1) is 20.8 Å². The molecule has 0 bridgehead atoms. The summed E-state index contributed by atoms with van der Waals surface area (Å²) < 4.78 is 1.79. The zero-order chi connectivity index (χ0) is 22.0. The van der Waals surface area contributed by atoms with Gasteiger partial charge in [0.1, 0.15) is 0 Å². The molecule has 5 heteroatoms. The van der Waals surface area contributed by atoms with Crippen LogP contribution >= 0.6 is 0 Å². The topological polar surface area (TPSA) is 61.2 Å². The number of hydrazine groups is 1. The molecule has 3 aromatic carbocycles. The van der Waals surface area contributed by atoms with Gasteiger partial charge in [-0.2, -0.15) is 0 Å². The summed E-state index contributed by atoms with van der Waals surface area (Å²) in [6.45, 7) is 6.03. The number of carbonyl (C=O) groups excluding carboxylic acids is 2. The van der Waals surface area contributed by atoms with Crippen LogP contribution in [0.5, 0.6) is 0 Å². The van der Waals surface area contributed by atoms with Gasteiger partial charge in [0.2, 0.25) is 12.3 Å². The molecule has 1 fully saturated rings. The van der Waals surface area contributed by atoms with E-state index in [0.29, 0.717) is 5.56 Å². The van der Waals surface area contributed by atoms with Gasteiger partial charge in [-0.05, 0) is 45.0 Å². The zero-order valence-electron chi connectivity index (χ0n) is 17.9. The highest BCUT2D eigenvalue weighted by atomic mass is 16.2. The molecule has 1 aliphatic heterocycles. The molecule has 0 radical (unpaired) electrons. The molecule has 3 aromatic rings. The lowest BCUT2D eigenvalue weighted by atomic mass is 9.98. The van der Waals surface area contributed by atoms with Crippen LogP contribution in [-0.4, -0.2) is 28.8 Å². The van der Waals surface area contributed by atoms with E-state index < -0.39 is 6.04 Å².